The summed E-state index contributed by atoms with van der Waals surface area (Å²) in [5.41, 5.74) is 5.91. The molecule has 0 unspecified atom stereocenters. The van der Waals surface area contributed by atoms with Crippen LogP contribution >= 0.6 is 0 Å². The summed E-state index contributed by atoms with van der Waals surface area (Å²) < 4.78 is 0. The second kappa shape index (κ2) is 8.78. The lowest BCUT2D eigenvalue weighted by Gasteiger charge is -2.12. The van der Waals surface area contributed by atoms with Gasteiger partial charge in [0.15, 0.2) is 0 Å². The Hall–Kier alpha value is -2.41. The molecule has 0 aliphatic carbocycles. The number of rotatable bonds is 7. The summed E-state index contributed by atoms with van der Waals surface area (Å²) in [5, 5.41) is 7.76. The highest BCUT2D eigenvalue weighted by Gasteiger charge is 2.13. The Morgan fingerprint density at radius 3 is 2.41 bits per heavy atom. The lowest BCUT2D eigenvalue weighted by molar-refractivity contribution is -0.123. The molecule has 0 saturated heterocycles. The monoisotopic (exact) mass is 306 g/mol. The Labute approximate surface area is 129 Å². The summed E-state index contributed by atoms with van der Waals surface area (Å²) in [5.74, 6) is -0.767. The highest BCUT2D eigenvalue weighted by atomic mass is 16.2. The number of anilines is 1. The Bertz CT molecular complexity index is 543. The van der Waals surface area contributed by atoms with Crippen LogP contribution in [-0.4, -0.2) is 37.4 Å². The predicted octanol–water partition coefficient (Wildman–Crippen LogP) is 0.0858. The molecule has 0 bridgehead atoms. The van der Waals surface area contributed by atoms with Crippen LogP contribution in [0.5, 0.6) is 0 Å². The van der Waals surface area contributed by atoms with Gasteiger partial charge in [-0.2, -0.15) is 0 Å². The number of amides is 3. The standard InChI is InChI=1S/C15H22N4O3/c1-10(2)8-18-15(22)11-5-3-4-6-12(11)19-14(21)9-17-13(20)7-16/h3-6,10H,7-9,16H2,1-2H3,(H,17,20)(H,18,22)(H,19,21). The molecule has 7 nitrogen and oxygen atoms in total. The fourth-order valence-electron chi connectivity index (χ4n) is 1.63. The van der Waals surface area contributed by atoms with Crippen molar-refractivity contribution in [2.24, 2.45) is 11.7 Å². The number of nitrogens with two attached hydrogens (primary N) is 1. The molecular weight excluding hydrogens is 284 g/mol. The SMILES string of the molecule is CC(C)CNC(=O)c1ccccc1NC(=O)CNC(=O)CN. The van der Waals surface area contributed by atoms with Crippen LogP contribution in [0.2, 0.25) is 0 Å². The third-order valence-electron chi connectivity index (χ3n) is 2.75. The van der Waals surface area contributed by atoms with Crippen LogP contribution in [0, 0.1) is 5.92 Å². The molecule has 1 rings (SSSR count). The first kappa shape index (κ1) is 17.6. The molecule has 0 aliphatic heterocycles. The summed E-state index contributed by atoms with van der Waals surface area (Å²) in [4.78, 5) is 34.9. The van der Waals surface area contributed by atoms with Gasteiger partial charge in [-0.1, -0.05) is 26.0 Å². The van der Waals surface area contributed by atoms with Crippen LogP contribution in [0.1, 0.15) is 24.2 Å². The van der Waals surface area contributed by atoms with Gasteiger partial charge in [-0.25, -0.2) is 0 Å². The van der Waals surface area contributed by atoms with Gasteiger partial charge >= 0.3 is 0 Å². The fourth-order valence-corrected chi connectivity index (χ4v) is 1.63. The number of para-hydroxylation sites is 1. The molecule has 0 atom stereocenters. The second-order valence-corrected chi connectivity index (χ2v) is 5.18. The highest BCUT2D eigenvalue weighted by molar-refractivity contribution is 6.04. The molecule has 0 spiro atoms. The van der Waals surface area contributed by atoms with Crippen molar-refractivity contribution in [1.29, 1.82) is 0 Å². The Morgan fingerprint density at radius 2 is 1.77 bits per heavy atom. The van der Waals surface area contributed by atoms with E-state index in [1.54, 1.807) is 24.3 Å². The summed E-state index contributed by atoms with van der Waals surface area (Å²) in [6.07, 6.45) is 0. The van der Waals surface area contributed by atoms with Crippen molar-refractivity contribution in [3.05, 3.63) is 29.8 Å². The van der Waals surface area contributed by atoms with Gasteiger partial charge < -0.3 is 21.7 Å². The van der Waals surface area contributed by atoms with Crippen LogP contribution in [0.4, 0.5) is 5.69 Å². The molecule has 0 fully saturated rings. The van der Waals surface area contributed by atoms with E-state index in [0.29, 0.717) is 23.7 Å². The lowest BCUT2D eigenvalue weighted by atomic mass is 10.1. The molecule has 3 amide bonds. The average molecular weight is 306 g/mol. The molecule has 120 valence electrons. The maximum atomic E-state index is 12.1. The Morgan fingerprint density at radius 1 is 1.09 bits per heavy atom. The smallest absolute Gasteiger partial charge is 0.253 e. The Kier molecular flexibility index (Phi) is 7.04. The number of benzene rings is 1. The number of hydrogen-bond acceptors (Lipinski definition) is 4. The van der Waals surface area contributed by atoms with Crippen LogP contribution in [0.15, 0.2) is 24.3 Å². The molecule has 0 aliphatic rings. The van der Waals surface area contributed by atoms with Crippen molar-refractivity contribution in [1.82, 2.24) is 10.6 Å². The molecule has 0 heterocycles. The number of carbonyl (C=O) groups is 3. The third kappa shape index (κ3) is 5.92. The molecular formula is C15H22N4O3. The zero-order valence-electron chi connectivity index (χ0n) is 12.8. The van der Waals surface area contributed by atoms with Crippen molar-refractivity contribution in [3.8, 4) is 0 Å². The first-order chi connectivity index (χ1) is 10.4. The Balaban J connectivity index is 2.69. The molecule has 1 aromatic rings. The van der Waals surface area contributed by atoms with Crippen LogP contribution in [0.25, 0.3) is 0 Å². The van der Waals surface area contributed by atoms with E-state index in [-0.39, 0.29) is 19.0 Å². The van der Waals surface area contributed by atoms with E-state index < -0.39 is 11.8 Å². The zero-order chi connectivity index (χ0) is 16.5. The first-order valence-electron chi connectivity index (χ1n) is 7.08. The van der Waals surface area contributed by atoms with E-state index in [2.05, 4.69) is 16.0 Å². The van der Waals surface area contributed by atoms with E-state index in [9.17, 15) is 14.4 Å². The van der Waals surface area contributed by atoms with E-state index in [4.69, 9.17) is 5.73 Å². The van der Waals surface area contributed by atoms with E-state index >= 15 is 0 Å². The summed E-state index contributed by atoms with van der Waals surface area (Å²) in [6.45, 7) is 4.16. The van der Waals surface area contributed by atoms with Gasteiger partial charge in [0.05, 0.1) is 24.3 Å². The molecule has 1 aromatic carbocycles. The van der Waals surface area contributed by atoms with Crippen LogP contribution in [0.3, 0.4) is 0 Å². The summed E-state index contributed by atoms with van der Waals surface area (Å²) >= 11 is 0. The third-order valence-corrected chi connectivity index (χ3v) is 2.75. The van der Waals surface area contributed by atoms with Crippen molar-refractivity contribution in [2.45, 2.75) is 13.8 Å². The number of nitrogens with one attached hydrogen (secondary N) is 3. The lowest BCUT2D eigenvalue weighted by Crippen LogP contribution is -2.37. The van der Waals surface area contributed by atoms with E-state index in [0.717, 1.165) is 0 Å². The normalized spacial score (nSPS) is 10.2. The van der Waals surface area contributed by atoms with Crippen molar-refractivity contribution < 1.29 is 14.4 Å². The van der Waals surface area contributed by atoms with Gasteiger partial charge in [-0.05, 0) is 18.1 Å². The molecule has 0 saturated carbocycles. The number of carbonyl (C=O) groups excluding carboxylic acids is 3. The van der Waals surface area contributed by atoms with Crippen LogP contribution < -0.4 is 21.7 Å². The quantitative estimate of drug-likeness (QED) is 0.571. The maximum absolute atomic E-state index is 12.1. The van der Waals surface area contributed by atoms with Gasteiger partial charge in [-0.15, -0.1) is 0 Å². The molecule has 0 radical (unpaired) electrons. The van der Waals surface area contributed by atoms with Gasteiger partial charge in [0.25, 0.3) is 5.91 Å². The highest BCUT2D eigenvalue weighted by Crippen LogP contribution is 2.14. The average Bonchev–Trinajstić information content (AvgIpc) is 2.50. The summed E-state index contributed by atoms with van der Waals surface area (Å²) in [6, 6.07) is 6.69. The van der Waals surface area contributed by atoms with Gasteiger partial charge in [0.1, 0.15) is 0 Å². The topological polar surface area (TPSA) is 113 Å². The molecule has 22 heavy (non-hydrogen) atoms. The van der Waals surface area contributed by atoms with Gasteiger partial charge in [0, 0.05) is 6.54 Å². The fraction of sp³-hybridized carbons (Fsp3) is 0.400. The largest absolute Gasteiger partial charge is 0.352 e. The van der Waals surface area contributed by atoms with Gasteiger partial charge in [0.2, 0.25) is 11.8 Å². The van der Waals surface area contributed by atoms with Gasteiger partial charge in [-0.3, -0.25) is 14.4 Å². The van der Waals surface area contributed by atoms with Crippen molar-refractivity contribution in [2.75, 3.05) is 25.0 Å². The minimum Gasteiger partial charge on any atom is -0.352 e. The van der Waals surface area contributed by atoms with E-state index in [1.165, 1.54) is 0 Å². The van der Waals surface area contributed by atoms with Crippen molar-refractivity contribution >= 4 is 23.4 Å². The van der Waals surface area contributed by atoms with Crippen LogP contribution in [-0.2, 0) is 9.59 Å². The number of hydrogen-bond donors (Lipinski definition) is 4. The predicted molar refractivity (Wildman–Crippen MR) is 84.3 cm³/mol. The molecule has 7 heteroatoms. The maximum Gasteiger partial charge on any atom is 0.253 e. The molecule has 5 N–H and O–H groups in total. The zero-order valence-corrected chi connectivity index (χ0v) is 12.8. The minimum absolute atomic E-state index is 0.179. The minimum atomic E-state index is -0.425. The first-order valence-corrected chi connectivity index (χ1v) is 7.08. The molecule has 0 aromatic heterocycles. The second-order valence-electron chi connectivity index (χ2n) is 5.18. The van der Waals surface area contributed by atoms with E-state index in [1.807, 2.05) is 13.8 Å². The summed E-state index contributed by atoms with van der Waals surface area (Å²) in [7, 11) is 0. The van der Waals surface area contributed by atoms with Crippen molar-refractivity contribution in [3.63, 3.8) is 0 Å².